The van der Waals surface area contributed by atoms with E-state index in [2.05, 4.69) is 36.5 Å². The largest absolute Gasteiger partial charge is 0.371 e. The third kappa shape index (κ3) is 5.42. The quantitative estimate of drug-likeness (QED) is 0.560. The zero-order valence-corrected chi connectivity index (χ0v) is 16.8. The number of guanidine groups is 1. The molecule has 7 heteroatoms. The van der Waals surface area contributed by atoms with Crippen LogP contribution in [0.3, 0.4) is 0 Å². The van der Waals surface area contributed by atoms with Crippen molar-refractivity contribution in [2.75, 3.05) is 25.0 Å². The van der Waals surface area contributed by atoms with E-state index in [1.807, 2.05) is 12.1 Å². The van der Waals surface area contributed by atoms with E-state index in [-0.39, 0.29) is 11.6 Å². The summed E-state index contributed by atoms with van der Waals surface area (Å²) in [5.74, 6) is 0.214. The van der Waals surface area contributed by atoms with Crippen molar-refractivity contribution in [2.45, 2.75) is 25.4 Å². The van der Waals surface area contributed by atoms with E-state index in [1.54, 1.807) is 25.2 Å². The van der Waals surface area contributed by atoms with Gasteiger partial charge in [0.05, 0.1) is 4.47 Å². The Labute approximate surface area is 166 Å². The highest BCUT2D eigenvalue weighted by Crippen LogP contribution is 2.21. The number of nitrogens with zero attached hydrogens (tertiary/aromatic N) is 2. The highest BCUT2D eigenvalue weighted by Gasteiger charge is 2.20. The summed E-state index contributed by atoms with van der Waals surface area (Å²) in [6, 6.07) is 12.1. The van der Waals surface area contributed by atoms with E-state index in [1.165, 1.54) is 12.1 Å². The first-order valence-electron chi connectivity index (χ1n) is 8.97. The minimum absolute atomic E-state index is 0.207. The molecule has 0 unspecified atom stereocenters. The molecule has 2 aromatic carbocycles. The predicted molar refractivity (Wildman–Crippen MR) is 109 cm³/mol. The van der Waals surface area contributed by atoms with Crippen LogP contribution < -0.4 is 15.5 Å². The zero-order chi connectivity index (χ0) is 19.2. The molecule has 0 saturated carbocycles. The molecule has 0 radical (unpaired) electrons. The number of halogens is 3. The summed E-state index contributed by atoms with van der Waals surface area (Å²) in [5.41, 5.74) is 1.77. The summed E-state index contributed by atoms with van der Waals surface area (Å²) >= 11 is 3.16. The Balaban J connectivity index is 1.48. The number of hydrogen-bond acceptors (Lipinski definition) is 2. The van der Waals surface area contributed by atoms with Gasteiger partial charge in [0, 0.05) is 38.4 Å². The fourth-order valence-electron chi connectivity index (χ4n) is 3.18. The molecular weight excluding hydrogens is 414 g/mol. The maximum Gasteiger partial charge on any atom is 0.191 e. The van der Waals surface area contributed by atoms with Gasteiger partial charge in [0.2, 0.25) is 0 Å². The Hall–Kier alpha value is -2.15. The van der Waals surface area contributed by atoms with Crippen LogP contribution in [0.15, 0.2) is 51.9 Å². The Morgan fingerprint density at radius 2 is 1.96 bits per heavy atom. The summed E-state index contributed by atoms with van der Waals surface area (Å²) < 4.78 is 27.5. The fraction of sp³-hybridized carbons (Fsp3) is 0.350. The van der Waals surface area contributed by atoms with Crippen molar-refractivity contribution in [3.05, 3.63) is 64.1 Å². The van der Waals surface area contributed by atoms with Gasteiger partial charge >= 0.3 is 0 Å². The van der Waals surface area contributed by atoms with Gasteiger partial charge in [-0.05, 0) is 64.7 Å². The summed E-state index contributed by atoms with van der Waals surface area (Å²) in [7, 11) is 1.72. The van der Waals surface area contributed by atoms with Crippen molar-refractivity contribution in [1.29, 1.82) is 0 Å². The maximum atomic E-state index is 13.6. The van der Waals surface area contributed by atoms with E-state index < -0.39 is 0 Å². The summed E-state index contributed by atoms with van der Waals surface area (Å²) in [4.78, 5) is 6.45. The second kappa shape index (κ2) is 9.17. The highest BCUT2D eigenvalue weighted by molar-refractivity contribution is 9.10. The van der Waals surface area contributed by atoms with Crippen molar-refractivity contribution >= 4 is 27.6 Å². The first-order chi connectivity index (χ1) is 13.0. The molecule has 2 N–H and O–H groups in total. The molecule has 0 aliphatic carbocycles. The van der Waals surface area contributed by atoms with E-state index in [0.29, 0.717) is 23.0 Å². The van der Waals surface area contributed by atoms with Crippen molar-refractivity contribution in [2.24, 2.45) is 4.99 Å². The van der Waals surface area contributed by atoms with Gasteiger partial charge in [-0.3, -0.25) is 4.99 Å². The van der Waals surface area contributed by atoms with Gasteiger partial charge in [0.1, 0.15) is 11.6 Å². The van der Waals surface area contributed by atoms with Crippen molar-refractivity contribution < 1.29 is 8.78 Å². The number of piperidine rings is 1. The molecule has 27 heavy (non-hydrogen) atoms. The lowest BCUT2D eigenvalue weighted by molar-refractivity contribution is 0.461. The van der Waals surface area contributed by atoms with Crippen LogP contribution >= 0.6 is 15.9 Å². The summed E-state index contributed by atoms with van der Waals surface area (Å²) in [5, 5.41) is 6.64. The van der Waals surface area contributed by atoms with E-state index in [9.17, 15) is 8.78 Å². The molecule has 144 valence electrons. The molecule has 0 atom stereocenters. The first kappa shape index (κ1) is 19.6. The number of hydrogen-bond donors (Lipinski definition) is 2. The molecule has 1 saturated heterocycles. The monoisotopic (exact) mass is 436 g/mol. The molecule has 1 heterocycles. The lowest BCUT2D eigenvalue weighted by Crippen LogP contribution is -2.48. The van der Waals surface area contributed by atoms with Crippen LogP contribution in [-0.2, 0) is 6.54 Å². The van der Waals surface area contributed by atoms with Gasteiger partial charge in [-0.1, -0.05) is 12.1 Å². The Bertz CT molecular complexity index is 804. The molecule has 1 aliphatic heterocycles. The van der Waals surface area contributed by atoms with Gasteiger partial charge in [-0.15, -0.1) is 0 Å². The zero-order valence-electron chi connectivity index (χ0n) is 15.2. The van der Waals surface area contributed by atoms with Gasteiger partial charge in [0.25, 0.3) is 0 Å². The second-order valence-corrected chi connectivity index (χ2v) is 7.41. The van der Waals surface area contributed by atoms with Crippen LogP contribution in [-0.4, -0.2) is 32.1 Å². The van der Waals surface area contributed by atoms with Crippen molar-refractivity contribution in [1.82, 2.24) is 10.6 Å². The summed E-state index contributed by atoms with van der Waals surface area (Å²) in [6.07, 6.45) is 1.87. The Morgan fingerprint density at radius 1 is 1.19 bits per heavy atom. The summed E-state index contributed by atoms with van der Waals surface area (Å²) in [6.45, 7) is 2.21. The molecule has 4 nitrogen and oxygen atoms in total. The lowest BCUT2D eigenvalue weighted by Gasteiger charge is -2.34. The average Bonchev–Trinajstić information content (AvgIpc) is 2.68. The van der Waals surface area contributed by atoms with Gasteiger partial charge in [-0.2, -0.15) is 0 Å². The molecular formula is C20H23BrF2N4. The van der Waals surface area contributed by atoms with E-state index in [0.717, 1.165) is 37.2 Å². The molecule has 0 aromatic heterocycles. The maximum absolute atomic E-state index is 13.6. The number of nitrogens with one attached hydrogen (secondary N) is 2. The average molecular weight is 437 g/mol. The predicted octanol–water partition coefficient (Wildman–Crippen LogP) is 4.06. The number of benzene rings is 2. The minimum Gasteiger partial charge on any atom is -0.371 e. The van der Waals surface area contributed by atoms with Crippen LogP contribution in [0.2, 0.25) is 0 Å². The molecule has 1 aliphatic rings. The van der Waals surface area contributed by atoms with Gasteiger partial charge < -0.3 is 15.5 Å². The molecule has 1 fully saturated rings. The minimum atomic E-state index is -0.276. The lowest BCUT2D eigenvalue weighted by atomic mass is 10.0. The topological polar surface area (TPSA) is 39.7 Å². The molecule has 0 spiro atoms. The van der Waals surface area contributed by atoms with Gasteiger partial charge in [0.15, 0.2) is 5.96 Å². The van der Waals surface area contributed by atoms with Crippen LogP contribution in [0.25, 0.3) is 0 Å². The Morgan fingerprint density at radius 3 is 2.63 bits per heavy atom. The third-order valence-corrected chi connectivity index (χ3v) is 5.32. The van der Waals surface area contributed by atoms with Crippen LogP contribution in [0.5, 0.6) is 0 Å². The van der Waals surface area contributed by atoms with E-state index >= 15 is 0 Å². The normalized spacial score (nSPS) is 15.7. The molecule has 2 aromatic rings. The smallest absolute Gasteiger partial charge is 0.191 e. The molecule has 3 rings (SSSR count). The third-order valence-electron chi connectivity index (χ3n) is 4.68. The van der Waals surface area contributed by atoms with Crippen LogP contribution in [0.4, 0.5) is 14.5 Å². The van der Waals surface area contributed by atoms with Crippen molar-refractivity contribution in [3.63, 3.8) is 0 Å². The number of aliphatic imine (C=N–C) groups is 1. The number of anilines is 1. The first-order valence-corrected chi connectivity index (χ1v) is 9.76. The molecule has 0 bridgehead atoms. The standard InChI is InChI=1S/C20H23BrF2N4/c1-24-20(25-13-14-5-6-18(21)19(23)11-14)26-16-7-9-27(10-8-16)17-4-2-3-15(22)12-17/h2-6,11-12,16H,7-10,13H2,1H3,(H2,24,25,26). The van der Waals surface area contributed by atoms with Crippen molar-refractivity contribution in [3.8, 4) is 0 Å². The fourth-order valence-corrected chi connectivity index (χ4v) is 3.42. The SMILES string of the molecule is CN=C(NCc1ccc(Br)c(F)c1)NC1CCN(c2cccc(F)c2)CC1. The second-order valence-electron chi connectivity index (χ2n) is 6.56. The highest BCUT2D eigenvalue weighted by atomic mass is 79.9. The number of rotatable bonds is 4. The van der Waals surface area contributed by atoms with Gasteiger partial charge in [-0.25, -0.2) is 8.78 Å². The van der Waals surface area contributed by atoms with Crippen LogP contribution in [0, 0.1) is 11.6 Å². The Kier molecular flexibility index (Phi) is 6.66. The van der Waals surface area contributed by atoms with E-state index in [4.69, 9.17) is 0 Å². The molecule has 0 amide bonds. The van der Waals surface area contributed by atoms with Crippen LogP contribution in [0.1, 0.15) is 18.4 Å².